The molecule has 2 rings (SSSR count). The fourth-order valence-corrected chi connectivity index (χ4v) is 2.74. The van der Waals surface area contributed by atoms with Crippen LogP contribution in [0.4, 0.5) is 11.4 Å². The molecule has 20 heavy (non-hydrogen) atoms. The van der Waals surface area contributed by atoms with E-state index in [9.17, 15) is 4.79 Å². The summed E-state index contributed by atoms with van der Waals surface area (Å²) in [6.07, 6.45) is 5.88. The lowest BCUT2D eigenvalue weighted by atomic mass is 10.1. The first-order valence-corrected chi connectivity index (χ1v) is 7.92. The van der Waals surface area contributed by atoms with E-state index >= 15 is 0 Å². The Labute approximate surface area is 130 Å². The van der Waals surface area contributed by atoms with Gasteiger partial charge in [0.2, 0.25) is 5.91 Å². The zero-order valence-corrected chi connectivity index (χ0v) is 13.2. The SMILES string of the molecule is CCCCCCCN1C(=O)CNc2cc(Cl)c(Cl)cc21. The number of carbonyl (C=O) groups is 1. The number of anilines is 2. The Bertz CT molecular complexity index is 491. The number of fused-ring (bicyclic) bond motifs is 1. The van der Waals surface area contributed by atoms with Gasteiger partial charge in [-0.15, -0.1) is 0 Å². The van der Waals surface area contributed by atoms with Crippen molar-refractivity contribution in [3.05, 3.63) is 22.2 Å². The summed E-state index contributed by atoms with van der Waals surface area (Å²) < 4.78 is 0. The predicted molar refractivity (Wildman–Crippen MR) is 86.1 cm³/mol. The third-order valence-electron chi connectivity index (χ3n) is 3.55. The van der Waals surface area contributed by atoms with Crippen molar-refractivity contribution in [1.82, 2.24) is 0 Å². The summed E-state index contributed by atoms with van der Waals surface area (Å²) in [4.78, 5) is 13.9. The molecule has 0 aliphatic carbocycles. The molecule has 0 fully saturated rings. The van der Waals surface area contributed by atoms with E-state index in [1.807, 2.05) is 4.90 Å². The first-order chi connectivity index (χ1) is 9.63. The number of halogens is 2. The summed E-state index contributed by atoms with van der Waals surface area (Å²) in [5.41, 5.74) is 1.72. The van der Waals surface area contributed by atoms with Crippen molar-refractivity contribution < 1.29 is 4.79 Å². The second-order valence-electron chi connectivity index (χ2n) is 5.10. The molecule has 1 aromatic rings. The lowest BCUT2D eigenvalue weighted by Crippen LogP contribution is -2.40. The van der Waals surface area contributed by atoms with Crippen LogP contribution in [-0.4, -0.2) is 19.0 Å². The van der Waals surface area contributed by atoms with Crippen LogP contribution < -0.4 is 10.2 Å². The number of hydrogen-bond acceptors (Lipinski definition) is 2. The molecular weight excluding hydrogens is 295 g/mol. The maximum Gasteiger partial charge on any atom is 0.246 e. The Balaban J connectivity index is 2.05. The van der Waals surface area contributed by atoms with Gasteiger partial charge < -0.3 is 10.2 Å². The minimum absolute atomic E-state index is 0.0892. The van der Waals surface area contributed by atoms with Gasteiger partial charge in [0, 0.05) is 6.54 Å². The van der Waals surface area contributed by atoms with Gasteiger partial charge in [-0.2, -0.15) is 0 Å². The summed E-state index contributed by atoms with van der Waals surface area (Å²) in [7, 11) is 0. The van der Waals surface area contributed by atoms with Crippen LogP contribution in [0.2, 0.25) is 10.0 Å². The molecule has 0 spiro atoms. The van der Waals surface area contributed by atoms with Gasteiger partial charge in [0.05, 0.1) is 28.0 Å². The van der Waals surface area contributed by atoms with Gasteiger partial charge in [-0.3, -0.25) is 4.79 Å². The molecule has 1 N–H and O–H groups in total. The molecule has 0 saturated heterocycles. The highest BCUT2D eigenvalue weighted by Gasteiger charge is 2.24. The largest absolute Gasteiger partial charge is 0.374 e. The van der Waals surface area contributed by atoms with Crippen molar-refractivity contribution in [2.24, 2.45) is 0 Å². The van der Waals surface area contributed by atoms with E-state index < -0.39 is 0 Å². The van der Waals surface area contributed by atoms with E-state index in [0.29, 0.717) is 16.6 Å². The maximum absolute atomic E-state index is 12.1. The van der Waals surface area contributed by atoms with Crippen LogP contribution in [0.5, 0.6) is 0 Å². The lowest BCUT2D eigenvalue weighted by Gasteiger charge is -2.30. The molecule has 0 aromatic heterocycles. The Hall–Kier alpha value is -0.930. The quantitative estimate of drug-likeness (QED) is 0.770. The molecule has 0 saturated carbocycles. The molecule has 0 atom stereocenters. The van der Waals surface area contributed by atoms with Gasteiger partial charge in [0.1, 0.15) is 0 Å². The van der Waals surface area contributed by atoms with Crippen LogP contribution in [0.3, 0.4) is 0 Å². The Morgan fingerprint density at radius 1 is 1.15 bits per heavy atom. The summed E-state index contributed by atoms with van der Waals surface area (Å²) in [6.45, 7) is 3.26. The van der Waals surface area contributed by atoms with E-state index in [1.165, 1.54) is 19.3 Å². The monoisotopic (exact) mass is 314 g/mol. The van der Waals surface area contributed by atoms with E-state index in [2.05, 4.69) is 12.2 Å². The highest BCUT2D eigenvalue weighted by molar-refractivity contribution is 6.42. The molecule has 1 heterocycles. The first kappa shape index (κ1) is 15.5. The van der Waals surface area contributed by atoms with Crippen molar-refractivity contribution in [3.8, 4) is 0 Å². The number of rotatable bonds is 6. The van der Waals surface area contributed by atoms with E-state index in [-0.39, 0.29) is 5.91 Å². The molecule has 3 nitrogen and oxygen atoms in total. The van der Waals surface area contributed by atoms with Crippen molar-refractivity contribution in [2.75, 3.05) is 23.3 Å². The van der Waals surface area contributed by atoms with Gasteiger partial charge in [0.15, 0.2) is 0 Å². The van der Waals surface area contributed by atoms with E-state index in [1.54, 1.807) is 12.1 Å². The van der Waals surface area contributed by atoms with Crippen molar-refractivity contribution >= 4 is 40.5 Å². The second kappa shape index (κ2) is 7.19. The maximum atomic E-state index is 12.1. The third kappa shape index (κ3) is 3.58. The number of amides is 1. The lowest BCUT2D eigenvalue weighted by molar-refractivity contribution is -0.117. The van der Waals surface area contributed by atoms with E-state index in [4.69, 9.17) is 23.2 Å². The molecule has 1 aliphatic heterocycles. The van der Waals surface area contributed by atoms with Crippen LogP contribution in [-0.2, 0) is 4.79 Å². The average Bonchev–Trinajstić information content (AvgIpc) is 2.43. The molecule has 1 amide bonds. The number of nitrogens with zero attached hydrogens (tertiary/aromatic N) is 1. The van der Waals surface area contributed by atoms with Crippen LogP contribution in [0.1, 0.15) is 39.0 Å². The minimum Gasteiger partial charge on any atom is -0.374 e. The number of hydrogen-bond donors (Lipinski definition) is 1. The molecule has 1 aliphatic rings. The number of nitrogens with one attached hydrogen (secondary N) is 1. The highest BCUT2D eigenvalue weighted by Crippen LogP contribution is 2.37. The van der Waals surface area contributed by atoms with Crippen molar-refractivity contribution in [2.45, 2.75) is 39.0 Å². The summed E-state index contributed by atoms with van der Waals surface area (Å²) in [5.74, 6) is 0.0892. The predicted octanol–water partition coefficient (Wildman–Crippen LogP) is 4.72. The molecule has 0 radical (unpaired) electrons. The Kier molecular flexibility index (Phi) is 5.55. The molecule has 0 unspecified atom stereocenters. The first-order valence-electron chi connectivity index (χ1n) is 7.16. The van der Waals surface area contributed by atoms with Crippen molar-refractivity contribution in [1.29, 1.82) is 0 Å². The van der Waals surface area contributed by atoms with Crippen LogP contribution in [0, 0.1) is 0 Å². The Morgan fingerprint density at radius 2 is 1.85 bits per heavy atom. The number of benzene rings is 1. The zero-order chi connectivity index (χ0) is 14.5. The molecule has 110 valence electrons. The summed E-state index contributed by atoms with van der Waals surface area (Å²) in [6, 6.07) is 3.56. The van der Waals surface area contributed by atoms with E-state index in [0.717, 1.165) is 30.8 Å². The molecule has 0 bridgehead atoms. The fraction of sp³-hybridized carbons (Fsp3) is 0.533. The normalized spacial score (nSPS) is 14.2. The van der Waals surface area contributed by atoms with Crippen LogP contribution in [0.15, 0.2) is 12.1 Å². The van der Waals surface area contributed by atoms with Crippen LogP contribution in [0.25, 0.3) is 0 Å². The topological polar surface area (TPSA) is 32.3 Å². The van der Waals surface area contributed by atoms with Gasteiger partial charge in [-0.1, -0.05) is 55.8 Å². The molecular formula is C15H20Cl2N2O. The standard InChI is InChI=1S/C15H20Cl2N2O/c1-2-3-4-5-6-7-19-14-9-12(17)11(16)8-13(14)18-10-15(19)20/h8-9,18H,2-7,10H2,1H3. The van der Waals surface area contributed by atoms with Crippen LogP contribution >= 0.6 is 23.2 Å². The van der Waals surface area contributed by atoms with Crippen molar-refractivity contribution in [3.63, 3.8) is 0 Å². The molecule has 1 aromatic carbocycles. The summed E-state index contributed by atoms with van der Waals surface area (Å²) in [5, 5.41) is 4.08. The minimum atomic E-state index is 0.0892. The highest BCUT2D eigenvalue weighted by atomic mass is 35.5. The summed E-state index contributed by atoms with van der Waals surface area (Å²) >= 11 is 12.1. The Morgan fingerprint density at radius 3 is 2.60 bits per heavy atom. The smallest absolute Gasteiger partial charge is 0.246 e. The van der Waals surface area contributed by atoms with Gasteiger partial charge in [0.25, 0.3) is 0 Å². The zero-order valence-electron chi connectivity index (χ0n) is 11.7. The fourth-order valence-electron chi connectivity index (χ4n) is 2.42. The third-order valence-corrected chi connectivity index (χ3v) is 4.27. The second-order valence-corrected chi connectivity index (χ2v) is 5.91. The van der Waals surface area contributed by atoms with Gasteiger partial charge >= 0.3 is 0 Å². The molecule has 5 heteroatoms. The van der Waals surface area contributed by atoms with Gasteiger partial charge in [-0.25, -0.2) is 0 Å². The number of unbranched alkanes of at least 4 members (excludes halogenated alkanes) is 4. The average molecular weight is 315 g/mol. The van der Waals surface area contributed by atoms with Gasteiger partial charge in [-0.05, 0) is 18.6 Å². The number of carbonyl (C=O) groups excluding carboxylic acids is 1.